The average Bonchev–Trinajstić information content (AvgIpc) is 2.25. The number of Topliss-reactive ketones (excluding diaryl/α,β-unsaturated/α-hetero) is 1. The lowest BCUT2D eigenvalue weighted by molar-refractivity contribution is -0.124. The van der Waals surface area contributed by atoms with E-state index in [4.69, 9.17) is 0 Å². The largest absolute Gasteiger partial charge is 0.298 e. The fraction of sp³-hybridized carbons (Fsp3) is 0.889. The van der Waals surface area contributed by atoms with Crippen molar-refractivity contribution in [3.63, 3.8) is 0 Å². The highest BCUT2D eigenvalue weighted by Gasteiger charge is 2.41. The van der Waals surface area contributed by atoms with Gasteiger partial charge in [0.2, 0.25) is 0 Å². The van der Waals surface area contributed by atoms with Crippen LogP contribution in [0.1, 0.15) is 32.1 Å². The van der Waals surface area contributed by atoms with Crippen LogP contribution in [-0.2, 0) is 14.6 Å². The first-order valence-corrected chi connectivity index (χ1v) is 6.58. The summed E-state index contributed by atoms with van der Waals surface area (Å²) in [5.74, 6) is 0.289. The van der Waals surface area contributed by atoms with Crippen LogP contribution in [0.4, 0.5) is 0 Å². The predicted molar refractivity (Wildman–Crippen MR) is 49.2 cm³/mol. The van der Waals surface area contributed by atoms with Crippen molar-refractivity contribution in [2.24, 2.45) is 5.92 Å². The normalized spacial score (nSPS) is 32.8. The molecule has 1 saturated heterocycles. The van der Waals surface area contributed by atoms with Gasteiger partial charge in [0, 0.05) is 5.92 Å². The second-order valence-electron chi connectivity index (χ2n) is 4.03. The van der Waals surface area contributed by atoms with Crippen LogP contribution < -0.4 is 0 Å². The SMILES string of the molecule is O=C(C1CCC1)C1CCCS1(=O)=O. The number of carbonyl (C=O) groups excluding carboxylic acids is 1. The molecule has 1 aliphatic heterocycles. The number of rotatable bonds is 2. The molecule has 2 aliphatic rings. The quantitative estimate of drug-likeness (QED) is 0.669. The Morgan fingerprint density at radius 3 is 2.15 bits per heavy atom. The minimum Gasteiger partial charge on any atom is -0.298 e. The predicted octanol–water partition coefficient (Wildman–Crippen LogP) is 0.933. The van der Waals surface area contributed by atoms with Crippen LogP contribution in [0.5, 0.6) is 0 Å². The molecule has 0 N–H and O–H groups in total. The highest BCUT2D eigenvalue weighted by molar-refractivity contribution is 7.93. The summed E-state index contributed by atoms with van der Waals surface area (Å²) in [4.78, 5) is 11.7. The summed E-state index contributed by atoms with van der Waals surface area (Å²) >= 11 is 0. The van der Waals surface area contributed by atoms with Gasteiger partial charge in [0.15, 0.2) is 15.6 Å². The van der Waals surface area contributed by atoms with Crippen molar-refractivity contribution in [2.45, 2.75) is 37.4 Å². The third-order valence-corrected chi connectivity index (χ3v) is 5.35. The topological polar surface area (TPSA) is 51.2 Å². The molecular formula is C9H14O3S. The van der Waals surface area contributed by atoms with Gasteiger partial charge < -0.3 is 0 Å². The van der Waals surface area contributed by atoms with Gasteiger partial charge >= 0.3 is 0 Å². The molecule has 1 atom stereocenters. The van der Waals surface area contributed by atoms with Gasteiger partial charge in [0.1, 0.15) is 5.25 Å². The Kier molecular flexibility index (Phi) is 2.18. The summed E-state index contributed by atoms with van der Waals surface area (Å²) in [5.41, 5.74) is 0. The minimum absolute atomic E-state index is 0.00347. The number of carbonyl (C=O) groups is 1. The second-order valence-corrected chi connectivity index (χ2v) is 6.33. The molecule has 2 fully saturated rings. The van der Waals surface area contributed by atoms with Crippen molar-refractivity contribution < 1.29 is 13.2 Å². The van der Waals surface area contributed by atoms with Crippen LogP contribution in [0.15, 0.2) is 0 Å². The molecule has 0 spiro atoms. The van der Waals surface area contributed by atoms with E-state index in [1.807, 2.05) is 0 Å². The number of hydrogen-bond donors (Lipinski definition) is 0. The van der Waals surface area contributed by atoms with Crippen LogP contribution >= 0.6 is 0 Å². The maximum atomic E-state index is 11.7. The molecule has 0 radical (unpaired) electrons. The van der Waals surface area contributed by atoms with Crippen molar-refractivity contribution in [1.82, 2.24) is 0 Å². The number of ketones is 1. The van der Waals surface area contributed by atoms with Gasteiger partial charge in [-0.05, 0) is 25.7 Å². The Labute approximate surface area is 78.4 Å². The lowest BCUT2D eigenvalue weighted by atomic mass is 9.80. The highest BCUT2D eigenvalue weighted by atomic mass is 32.2. The van der Waals surface area contributed by atoms with Gasteiger partial charge in [-0.2, -0.15) is 0 Å². The fourth-order valence-electron chi connectivity index (χ4n) is 2.07. The Hall–Kier alpha value is -0.380. The molecule has 1 saturated carbocycles. The van der Waals surface area contributed by atoms with Crippen LogP contribution in [-0.4, -0.2) is 25.2 Å². The zero-order valence-electron chi connectivity index (χ0n) is 7.53. The molecule has 3 nitrogen and oxygen atoms in total. The summed E-state index contributed by atoms with van der Waals surface area (Å²) in [5, 5.41) is -0.641. The first-order chi connectivity index (χ1) is 6.11. The maximum Gasteiger partial charge on any atom is 0.160 e. The van der Waals surface area contributed by atoms with Crippen LogP contribution in [0.3, 0.4) is 0 Å². The number of sulfone groups is 1. The van der Waals surface area contributed by atoms with Crippen molar-refractivity contribution in [1.29, 1.82) is 0 Å². The maximum absolute atomic E-state index is 11.7. The summed E-state index contributed by atoms with van der Waals surface area (Å²) in [6.45, 7) is 0. The molecule has 1 heterocycles. The summed E-state index contributed by atoms with van der Waals surface area (Å²) < 4.78 is 22.9. The molecule has 0 aromatic rings. The van der Waals surface area contributed by atoms with Gasteiger partial charge in [0.05, 0.1) is 5.75 Å². The molecule has 0 amide bonds. The van der Waals surface area contributed by atoms with E-state index in [1.54, 1.807) is 0 Å². The zero-order valence-corrected chi connectivity index (χ0v) is 8.35. The van der Waals surface area contributed by atoms with Crippen molar-refractivity contribution in [3.05, 3.63) is 0 Å². The molecule has 0 bridgehead atoms. The van der Waals surface area contributed by atoms with E-state index < -0.39 is 15.1 Å². The second kappa shape index (κ2) is 3.08. The van der Waals surface area contributed by atoms with Crippen molar-refractivity contribution in [2.75, 3.05) is 5.75 Å². The van der Waals surface area contributed by atoms with Crippen LogP contribution in [0.25, 0.3) is 0 Å². The van der Waals surface area contributed by atoms with E-state index in [2.05, 4.69) is 0 Å². The van der Waals surface area contributed by atoms with E-state index in [0.29, 0.717) is 12.8 Å². The molecule has 1 aliphatic carbocycles. The van der Waals surface area contributed by atoms with Crippen molar-refractivity contribution in [3.8, 4) is 0 Å². The zero-order chi connectivity index (χ0) is 9.47. The van der Waals surface area contributed by atoms with E-state index in [1.165, 1.54) is 0 Å². The van der Waals surface area contributed by atoms with Gasteiger partial charge in [-0.3, -0.25) is 4.79 Å². The van der Waals surface area contributed by atoms with E-state index >= 15 is 0 Å². The molecule has 13 heavy (non-hydrogen) atoms. The standard InChI is InChI=1S/C9H14O3S/c10-9(7-3-1-4-7)8-5-2-6-13(8,11)12/h7-8H,1-6H2. The molecule has 1 unspecified atom stereocenters. The van der Waals surface area contributed by atoms with Gasteiger partial charge in [0.25, 0.3) is 0 Å². The monoisotopic (exact) mass is 202 g/mol. The minimum atomic E-state index is -3.06. The van der Waals surface area contributed by atoms with Gasteiger partial charge in [-0.1, -0.05) is 6.42 Å². The highest BCUT2D eigenvalue weighted by Crippen LogP contribution is 2.32. The van der Waals surface area contributed by atoms with Crippen LogP contribution in [0, 0.1) is 5.92 Å². The molecule has 4 heteroatoms. The summed E-state index contributed by atoms with van der Waals surface area (Å²) in [6.07, 6.45) is 4.14. The molecular weight excluding hydrogens is 188 g/mol. The summed E-state index contributed by atoms with van der Waals surface area (Å²) in [6, 6.07) is 0. The molecule has 0 aromatic heterocycles. The van der Waals surface area contributed by atoms with Gasteiger partial charge in [-0.15, -0.1) is 0 Å². The molecule has 2 rings (SSSR count). The molecule has 0 aromatic carbocycles. The first kappa shape index (κ1) is 9.19. The van der Waals surface area contributed by atoms with E-state index in [9.17, 15) is 13.2 Å². The van der Waals surface area contributed by atoms with E-state index in [-0.39, 0.29) is 17.5 Å². The smallest absolute Gasteiger partial charge is 0.160 e. The first-order valence-electron chi connectivity index (χ1n) is 4.86. The van der Waals surface area contributed by atoms with Crippen molar-refractivity contribution >= 4 is 15.6 Å². The lowest BCUT2D eigenvalue weighted by Crippen LogP contribution is -2.35. The third kappa shape index (κ3) is 1.52. The Morgan fingerprint density at radius 2 is 1.77 bits per heavy atom. The Morgan fingerprint density at radius 1 is 1.08 bits per heavy atom. The summed E-state index contributed by atoms with van der Waals surface area (Å²) in [7, 11) is -3.06. The molecule has 74 valence electrons. The number of hydrogen-bond acceptors (Lipinski definition) is 3. The third-order valence-electron chi connectivity index (χ3n) is 3.15. The van der Waals surface area contributed by atoms with E-state index in [0.717, 1.165) is 19.3 Å². The average molecular weight is 202 g/mol. The van der Waals surface area contributed by atoms with Gasteiger partial charge in [-0.25, -0.2) is 8.42 Å². The van der Waals surface area contributed by atoms with Crippen LogP contribution in [0.2, 0.25) is 0 Å². The Bertz CT molecular complexity index is 314. The lowest BCUT2D eigenvalue weighted by Gasteiger charge is -2.25. The Balaban J connectivity index is 2.11. The fourth-order valence-corrected chi connectivity index (χ4v) is 3.99.